The first-order valence-corrected chi connectivity index (χ1v) is 10.8. The molecule has 0 aliphatic carbocycles. The molecule has 152 valence electrons. The lowest BCUT2D eigenvalue weighted by atomic mass is 10.0. The minimum absolute atomic E-state index is 0.101. The number of rotatable bonds is 7. The molecule has 0 aliphatic heterocycles. The maximum atomic E-state index is 12.2. The fourth-order valence-electron chi connectivity index (χ4n) is 3.08. The SMILES string of the molecule is Cc1ccc(-c2csc3ncnc(OCC(=O)NCCc4ccc(Cl)cc4)c23)cc1. The third kappa shape index (κ3) is 4.78. The van der Waals surface area contributed by atoms with Gasteiger partial charge in [0.15, 0.2) is 6.61 Å². The predicted molar refractivity (Wildman–Crippen MR) is 121 cm³/mol. The van der Waals surface area contributed by atoms with Gasteiger partial charge in [-0.3, -0.25) is 4.79 Å². The minimum atomic E-state index is -0.192. The number of carbonyl (C=O) groups is 1. The second-order valence-electron chi connectivity index (χ2n) is 6.89. The van der Waals surface area contributed by atoms with Gasteiger partial charge in [0.2, 0.25) is 5.88 Å². The summed E-state index contributed by atoms with van der Waals surface area (Å²) in [4.78, 5) is 21.7. The molecule has 2 heterocycles. The highest BCUT2D eigenvalue weighted by Gasteiger charge is 2.15. The summed E-state index contributed by atoms with van der Waals surface area (Å²) < 4.78 is 5.77. The summed E-state index contributed by atoms with van der Waals surface area (Å²) in [5.41, 5.74) is 4.38. The number of hydrogen-bond acceptors (Lipinski definition) is 5. The first-order chi connectivity index (χ1) is 14.6. The molecule has 7 heteroatoms. The van der Waals surface area contributed by atoms with Crippen LogP contribution in [0.2, 0.25) is 5.02 Å². The van der Waals surface area contributed by atoms with E-state index in [2.05, 4.69) is 46.5 Å². The zero-order valence-corrected chi connectivity index (χ0v) is 18.0. The molecule has 1 amide bonds. The molecular formula is C23H20ClN3O2S. The van der Waals surface area contributed by atoms with Crippen molar-refractivity contribution in [3.05, 3.63) is 76.4 Å². The summed E-state index contributed by atoms with van der Waals surface area (Å²) >= 11 is 7.42. The van der Waals surface area contributed by atoms with Crippen molar-refractivity contribution in [1.82, 2.24) is 15.3 Å². The largest absolute Gasteiger partial charge is 0.467 e. The van der Waals surface area contributed by atoms with E-state index in [4.69, 9.17) is 16.3 Å². The zero-order chi connectivity index (χ0) is 20.9. The van der Waals surface area contributed by atoms with E-state index in [9.17, 15) is 4.79 Å². The summed E-state index contributed by atoms with van der Waals surface area (Å²) in [5.74, 6) is 0.229. The highest BCUT2D eigenvalue weighted by Crippen LogP contribution is 2.37. The minimum Gasteiger partial charge on any atom is -0.467 e. The molecule has 1 N–H and O–H groups in total. The molecule has 0 spiro atoms. The van der Waals surface area contributed by atoms with Crippen LogP contribution < -0.4 is 10.1 Å². The van der Waals surface area contributed by atoms with Crippen molar-refractivity contribution in [3.63, 3.8) is 0 Å². The van der Waals surface area contributed by atoms with Gasteiger partial charge in [-0.05, 0) is 36.6 Å². The van der Waals surface area contributed by atoms with E-state index in [0.717, 1.165) is 33.3 Å². The standard InChI is InChI=1S/C23H20ClN3O2S/c1-15-2-6-17(7-3-15)19-13-30-23-21(19)22(26-14-27-23)29-12-20(28)25-11-10-16-4-8-18(24)9-5-16/h2-9,13-14H,10-12H2,1H3,(H,25,28). The quantitative estimate of drug-likeness (QED) is 0.439. The Hall–Kier alpha value is -2.96. The average Bonchev–Trinajstić information content (AvgIpc) is 3.19. The van der Waals surface area contributed by atoms with Crippen molar-refractivity contribution in [3.8, 4) is 17.0 Å². The van der Waals surface area contributed by atoms with Gasteiger partial charge in [0.1, 0.15) is 11.2 Å². The monoisotopic (exact) mass is 437 g/mol. The number of ether oxygens (including phenoxy) is 1. The molecule has 5 nitrogen and oxygen atoms in total. The Labute approximate surface area is 183 Å². The van der Waals surface area contributed by atoms with Crippen LogP contribution in [-0.2, 0) is 11.2 Å². The number of amides is 1. The van der Waals surface area contributed by atoms with Gasteiger partial charge in [-0.15, -0.1) is 11.3 Å². The van der Waals surface area contributed by atoms with Gasteiger partial charge in [0.25, 0.3) is 5.91 Å². The van der Waals surface area contributed by atoms with Gasteiger partial charge in [-0.2, -0.15) is 0 Å². The Morgan fingerprint density at radius 3 is 2.63 bits per heavy atom. The molecule has 0 radical (unpaired) electrons. The molecule has 0 saturated carbocycles. The van der Waals surface area contributed by atoms with Crippen molar-refractivity contribution in [2.45, 2.75) is 13.3 Å². The number of nitrogens with one attached hydrogen (secondary N) is 1. The molecule has 2 aromatic heterocycles. The fraction of sp³-hybridized carbons (Fsp3) is 0.174. The van der Waals surface area contributed by atoms with Crippen LogP contribution in [0, 0.1) is 6.92 Å². The van der Waals surface area contributed by atoms with Crippen molar-refractivity contribution < 1.29 is 9.53 Å². The van der Waals surface area contributed by atoms with Crippen molar-refractivity contribution >= 4 is 39.1 Å². The number of benzene rings is 2. The predicted octanol–water partition coefficient (Wildman–Crippen LogP) is 5.06. The van der Waals surface area contributed by atoms with Crippen LogP contribution in [0.5, 0.6) is 5.88 Å². The lowest BCUT2D eigenvalue weighted by Gasteiger charge is -2.09. The topological polar surface area (TPSA) is 64.1 Å². The summed E-state index contributed by atoms with van der Waals surface area (Å²) in [6, 6.07) is 15.9. The Morgan fingerprint density at radius 1 is 1.10 bits per heavy atom. The molecule has 2 aromatic carbocycles. The zero-order valence-electron chi connectivity index (χ0n) is 16.4. The molecule has 0 saturated heterocycles. The maximum Gasteiger partial charge on any atom is 0.258 e. The Bertz CT molecular complexity index is 1160. The highest BCUT2D eigenvalue weighted by atomic mass is 35.5. The summed E-state index contributed by atoms with van der Waals surface area (Å²) in [7, 11) is 0. The third-order valence-corrected chi connectivity index (χ3v) is 5.83. The van der Waals surface area contributed by atoms with E-state index < -0.39 is 0 Å². The Morgan fingerprint density at radius 2 is 1.87 bits per heavy atom. The van der Waals surface area contributed by atoms with Crippen molar-refractivity contribution in [2.24, 2.45) is 0 Å². The van der Waals surface area contributed by atoms with Gasteiger partial charge in [-0.25, -0.2) is 9.97 Å². The summed E-state index contributed by atoms with van der Waals surface area (Å²) in [6.45, 7) is 2.48. The molecule has 0 unspecified atom stereocenters. The van der Waals surface area contributed by atoms with Crippen LogP contribution in [0.3, 0.4) is 0 Å². The van der Waals surface area contributed by atoms with E-state index >= 15 is 0 Å². The highest BCUT2D eigenvalue weighted by molar-refractivity contribution is 7.17. The van der Waals surface area contributed by atoms with Gasteiger partial charge in [0, 0.05) is 22.5 Å². The number of carbonyl (C=O) groups excluding carboxylic acids is 1. The lowest BCUT2D eigenvalue weighted by molar-refractivity contribution is -0.123. The number of fused-ring (bicyclic) bond motifs is 1. The van der Waals surface area contributed by atoms with E-state index in [-0.39, 0.29) is 12.5 Å². The van der Waals surface area contributed by atoms with Crippen LogP contribution in [0.25, 0.3) is 21.3 Å². The van der Waals surface area contributed by atoms with Gasteiger partial charge in [0.05, 0.1) is 5.39 Å². The molecule has 0 bridgehead atoms. The van der Waals surface area contributed by atoms with Crippen LogP contribution in [0.4, 0.5) is 0 Å². The van der Waals surface area contributed by atoms with E-state index in [1.54, 1.807) is 0 Å². The van der Waals surface area contributed by atoms with Crippen LogP contribution in [0.1, 0.15) is 11.1 Å². The smallest absolute Gasteiger partial charge is 0.258 e. The van der Waals surface area contributed by atoms with Gasteiger partial charge >= 0.3 is 0 Å². The normalized spacial score (nSPS) is 10.9. The van der Waals surface area contributed by atoms with Crippen LogP contribution in [-0.4, -0.2) is 29.0 Å². The van der Waals surface area contributed by atoms with E-state index in [0.29, 0.717) is 17.4 Å². The molecule has 4 aromatic rings. The number of nitrogens with zero attached hydrogens (tertiary/aromatic N) is 2. The number of aromatic nitrogens is 2. The molecule has 0 fully saturated rings. The van der Waals surface area contributed by atoms with Crippen molar-refractivity contribution in [2.75, 3.05) is 13.2 Å². The molecule has 30 heavy (non-hydrogen) atoms. The second-order valence-corrected chi connectivity index (χ2v) is 8.18. The van der Waals surface area contributed by atoms with Gasteiger partial charge in [-0.1, -0.05) is 53.6 Å². The Balaban J connectivity index is 1.41. The summed E-state index contributed by atoms with van der Waals surface area (Å²) in [5, 5.41) is 6.45. The van der Waals surface area contributed by atoms with Gasteiger partial charge < -0.3 is 10.1 Å². The maximum absolute atomic E-state index is 12.2. The first-order valence-electron chi connectivity index (χ1n) is 9.53. The second kappa shape index (κ2) is 9.24. The lowest BCUT2D eigenvalue weighted by Crippen LogP contribution is -2.30. The summed E-state index contributed by atoms with van der Waals surface area (Å²) in [6.07, 6.45) is 2.19. The molecule has 4 rings (SSSR count). The van der Waals surface area contributed by atoms with Crippen LogP contribution in [0.15, 0.2) is 60.2 Å². The molecular weight excluding hydrogens is 418 g/mol. The average molecular weight is 438 g/mol. The fourth-order valence-corrected chi connectivity index (χ4v) is 4.12. The number of thiophene rings is 1. The van der Waals surface area contributed by atoms with Crippen LogP contribution >= 0.6 is 22.9 Å². The number of halogens is 1. The van der Waals surface area contributed by atoms with Crippen molar-refractivity contribution in [1.29, 1.82) is 0 Å². The third-order valence-electron chi connectivity index (χ3n) is 4.69. The number of aryl methyl sites for hydroxylation is 1. The number of hydrogen-bond donors (Lipinski definition) is 1. The molecule has 0 atom stereocenters. The molecule has 0 aliphatic rings. The van der Waals surface area contributed by atoms with E-state index in [1.165, 1.54) is 23.2 Å². The first kappa shape index (κ1) is 20.3. The van der Waals surface area contributed by atoms with E-state index in [1.807, 2.05) is 29.6 Å². The Kier molecular flexibility index (Phi) is 6.26.